The van der Waals surface area contributed by atoms with Gasteiger partial charge in [-0.2, -0.15) is 0 Å². The summed E-state index contributed by atoms with van der Waals surface area (Å²) in [6.45, 7) is 2.88. The van der Waals surface area contributed by atoms with E-state index >= 15 is 0 Å². The van der Waals surface area contributed by atoms with Gasteiger partial charge in [0.15, 0.2) is 0 Å². The van der Waals surface area contributed by atoms with E-state index in [2.05, 4.69) is 15.2 Å². The van der Waals surface area contributed by atoms with Gasteiger partial charge in [-0.05, 0) is 49.2 Å². The van der Waals surface area contributed by atoms with Crippen molar-refractivity contribution < 1.29 is 14.3 Å². The third-order valence-electron chi connectivity index (χ3n) is 6.77. The summed E-state index contributed by atoms with van der Waals surface area (Å²) in [6, 6.07) is 15.2. The maximum atomic E-state index is 13.5. The highest BCUT2D eigenvalue weighted by Crippen LogP contribution is 2.20. The number of aryl methyl sites for hydroxylation is 1. The van der Waals surface area contributed by atoms with Crippen LogP contribution in [0.2, 0.25) is 0 Å². The van der Waals surface area contributed by atoms with Gasteiger partial charge < -0.3 is 15.0 Å². The number of nitrogens with zero attached hydrogens (tertiary/aromatic N) is 4. The van der Waals surface area contributed by atoms with Gasteiger partial charge >= 0.3 is 0 Å². The number of hydrogen-bond donors (Lipinski definition) is 1. The van der Waals surface area contributed by atoms with Crippen molar-refractivity contribution >= 4 is 22.8 Å². The van der Waals surface area contributed by atoms with Crippen molar-refractivity contribution in [2.75, 3.05) is 39.8 Å². The summed E-state index contributed by atoms with van der Waals surface area (Å²) >= 11 is 0. The predicted octanol–water partition coefficient (Wildman–Crippen LogP) is 1.75. The van der Waals surface area contributed by atoms with Gasteiger partial charge in [0.1, 0.15) is 11.4 Å². The second kappa shape index (κ2) is 10.5. The quantitative estimate of drug-likeness (QED) is 0.518. The van der Waals surface area contributed by atoms with Crippen molar-refractivity contribution in [2.45, 2.75) is 31.7 Å². The summed E-state index contributed by atoms with van der Waals surface area (Å²) in [4.78, 5) is 46.9. The van der Waals surface area contributed by atoms with Crippen molar-refractivity contribution in [2.24, 2.45) is 0 Å². The Morgan fingerprint density at radius 3 is 2.44 bits per heavy atom. The molecule has 0 spiro atoms. The van der Waals surface area contributed by atoms with Gasteiger partial charge in [0, 0.05) is 50.7 Å². The molecule has 2 fully saturated rings. The van der Waals surface area contributed by atoms with E-state index in [1.807, 2.05) is 53.4 Å². The van der Waals surface area contributed by atoms with Crippen molar-refractivity contribution in [3.8, 4) is 11.4 Å². The molecule has 2 heterocycles. The maximum absolute atomic E-state index is 13.5. The van der Waals surface area contributed by atoms with Crippen LogP contribution < -0.4 is 15.6 Å². The molecule has 1 N–H and O–H groups in total. The van der Waals surface area contributed by atoms with E-state index in [1.165, 1.54) is 0 Å². The normalized spacial score (nSPS) is 16.2. The summed E-state index contributed by atoms with van der Waals surface area (Å²) in [5.41, 5.74) is 2.28. The van der Waals surface area contributed by atoms with Gasteiger partial charge in [0.05, 0.1) is 24.7 Å². The highest BCUT2D eigenvalue weighted by Gasteiger charge is 2.26. The zero-order valence-corrected chi connectivity index (χ0v) is 20.5. The molecule has 0 unspecified atom stereocenters. The van der Waals surface area contributed by atoms with E-state index in [0.717, 1.165) is 12.8 Å². The Labute approximate surface area is 209 Å². The number of carbonyl (C=O) groups excluding carboxylic acids is 2. The third-order valence-corrected chi connectivity index (χ3v) is 6.77. The number of benzene rings is 2. The molecule has 0 bridgehead atoms. The van der Waals surface area contributed by atoms with Gasteiger partial charge in [-0.3, -0.25) is 23.9 Å². The molecule has 1 aromatic heterocycles. The number of carbonyl (C=O) groups is 2. The lowest BCUT2D eigenvalue weighted by atomic mass is 10.1. The van der Waals surface area contributed by atoms with Crippen LogP contribution in [0.5, 0.6) is 5.75 Å². The summed E-state index contributed by atoms with van der Waals surface area (Å²) in [7, 11) is 1.60. The van der Waals surface area contributed by atoms with E-state index in [1.54, 1.807) is 11.7 Å². The van der Waals surface area contributed by atoms with Gasteiger partial charge in [-0.1, -0.05) is 12.1 Å². The van der Waals surface area contributed by atoms with Crippen LogP contribution in [0.4, 0.5) is 0 Å². The molecule has 9 heteroatoms. The molecular weight excluding hydrogens is 458 g/mol. The first kappa shape index (κ1) is 24.0. The summed E-state index contributed by atoms with van der Waals surface area (Å²) in [5.74, 6) is 0.773. The van der Waals surface area contributed by atoms with Crippen LogP contribution in [0.25, 0.3) is 16.7 Å². The Bertz CT molecular complexity index is 1310. The first-order chi connectivity index (χ1) is 17.5. The van der Waals surface area contributed by atoms with Crippen LogP contribution in [0.1, 0.15) is 25.0 Å². The SMILES string of the molecule is COc1ccc(-n2c(=O)c(CCC(=O)N3CCN(CC(=O)NC4CC4)CC3)nc3ccccc32)cc1. The van der Waals surface area contributed by atoms with Crippen molar-refractivity contribution in [1.82, 2.24) is 24.7 Å². The van der Waals surface area contributed by atoms with Crippen LogP contribution in [0, 0.1) is 0 Å². The Kier molecular flexibility index (Phi) is 6.99. The van der Waals surface area contributed by atoms with Crippen LogP contribution in [0.3, 0.4) is 0 Å². The molecule has 36 heavy (non-hydrogen) atoms. The second-order valence-corrected chi connectivity index (χ2v) is 9.38. The van der Waals surface area contributed by atoms with Gasteiger partial charge in [0.25, 0.3) is 5.56 Å². The predicted molar refractivity (Wildman–Crippen MR) is 136 cm³/mol. The number of amides is 2. The zero-order chi connectivity index (χ0) is 25.1. The van der Waals surface area contributed by atoms with Gasteiger partial charge in [-0.15, -0.1) is 0 Å². The first-order valence-corrected chi connectivity index (χ1v) is 12.5. The largest absolute Gasteiger partial charge is 0.497 e. The number of fused-ring (bicyclic) bond motifs is 1. The zero-order valence-electron chi connectivity index (χ0n) is 20.5. The lowest BCUT2D eigenvalue weighted by Gasteiger charge is -2.34. The molecule has 0 radical (unpaired) electrons. The monoisotopic (exact) mass is 489 g/mol. The average Bonchev–Trinajstić information content (AvgIpc) is 3.71. The highest BCUT2D eigenvalue weighted by molar-refractivity contribution is 5.79. The molecule has 2 amide bonds. The Balaban J connectivity index is 1.25. The van der Waals surface area contributed by atoms with Crippen LogP contribution in [0.15, 0.2) is 53.3 Å². The summed E-state index contributed by atoms with van der Waals surface area (Å²) < 4.78 is 6.89. The fraction of sp³-hybridized carbons (Fsp3) is 0.407. The molecule has 1 saturated carbocycles. The molecule has 5 rings (SSSR count). The van der Waals surface area contributed by atoms with E-state index in [0.29, 0.717) is 66.9 Å². The second-order valence-electron chi connectivity index (χ2n) is 9.38. The number of piperazine rings is 1. The Morgan fingerprint density at radius 2 is 1.75 bits per heavy atom. The number of methoxy groups -OCH3 is 1. The minimum Gasteiger partial charge on any atom is -0.497 e. The van der Waals surface area contributed by atoms with Crippen molar-refractivity contribution in [1.29, 1.82) is 0 Å². The van der Waals surface area contributed by atoms with Crippen LogP contribution >= 0.6 is 0 Å². The lowest BCUT2D eigenvalue weighted by molar-refractivity contribution is -0.133. The molecule has 3 aromatic rings. The Morgan fingerprint density at radius 1 is 1.03 bits per heavy atom. The molecule has 2 aromatic carbocycles. The average molecular weight is 490 g/mol. The standard InChI is InChI=1S/C27H31N5O4/c1-36-21-10-8-20(9-11-21)32-24-5-3-2-4-22(24)29-23(27(32)35)12-13-26(34)31-16-14-30(15-17-31)18-25(33)28-19-6-7-19/h2-5,8-11,19H,6-7,12-18H2,1H3,(H,28,33). The van der Waals surface area contributed by atoms with Crippen molar-refractivity contribution in [3.05, 3.63) is 64.6 Å². The number of para-hydroxylation sites is 2. The summed E-state index contributed by atoms with van der Waals surface area (Å²) in [5, 5.41) is 3.01. The molecule has 1 saturated heterocycles. The molecule has 1 aliphatic carbocycles. The van der Waals surface area contributed by atoms with Crippen LogP contribution in [-0.4, -0.2) is 77.0 Å². The highest BCUT2D eigenvalue weighted by atomic mass is 16.5. The van der Waals surface area contributed by atoms with Gasteiger partial charge in [-0.25, -0.2) is 4.98 Å². The fourth-order valence-electron chi connectivity index (χ4n) is 4.57. The number of nitrogens with one attached hydrogen (secondary N) is 1. The molecule has 188 valence electrons. The topological polar surface area (TPSA) is 96.8 Å². The smallest absolute Gasteiger partial charge is 0.277 e. The molecular formula is C27H31N5O4. The number of hydrogen-bond acceptors (Lipinski definition) is 6. The van der Waals surface area contributed by atoms with Gasteiger partial charge in [0.2, 0.25) is 11.8 Å². The lowest BCUT2D eigenvalue weighted by Crippen LogP contribution is -2.51. The fourth-order valence-corrected chi connectivity index (χ4v) is 4.57. The number of aromatic nitrogens is 2. The minimum absolute atomic E-state index is 0.00226. The molecule has 9 nitrogen and oxygen atoms in total. The minimum atomic E-state index is -0.224. The maximum Gasteiger partial charge on any atom is 0.277 e. The van der Waals surface area contributed by atoms with E-state index in [-0.39, 0.29) is 30.2 Å². The Hall–Kier alpha value is -3.72. The molecule has 1 aliphatic heterocycles. The summed E-state index contributed by atoms with van der Waals surface area (Å²) in [6.07, 6.45) is 2.63. The first-order valence-electron chi connectivity index (χ1n) is 12.5. The molecule has 0 atom stereocenters. The number of ether oxygens (including phenoxy) is 1. The third kappa shape index (κ3) is 5.41. The van der Waals surface area contributed by atoms with E-state index in [9.17, 15) is 14.4 Å². The van der Waals surface area contributed by atoms with Crippen LogP contribution in [-0.2, 0) is 16.0 Å². The molecule has 2 aliphatic rings. The van der Waals surface area contributed by atoms with E-state index in [4.69, 9.17) is 4.74 Å². The number of rotatable bonds is 8. The van der Waals surface area contributed by atoms with Crippen molar-refractivity contribution in [3.63, 3.8) is 0 Å². The van der Waals surface area contributed by atoms with E-state index < -0.39 is 0 Å².